The number of amides is 1. The Kier molecular flexibility index (Phi) is 5.64. The van der Waals surface area contributed by atoms with Gasteiger partial charge in [0, 0.05) is 31.6 Å². The number of nitrogens with zero attached hydrogens (tertiary/aromatic N) is 3. The predicted octanol–water partition coefficient (Wildman–Crippen LogP) is 4.16. The molecule has 0 N–H and O–H groups in total. The highest BCUT2D eigenvalue weighted by atomic mass is 35.5. The largest absolute Gasteiger partial charge is 0.335 e. The third-order valence-corrected chi connectivity index (χ3v) is 9.88. The van der Waals surface area contributed by atoms with Crippen LogP contribution < -0.4 is 0 Å². The number of carbonyl (C=O) groups is 1. The second kappa shape index (κ2) is 8.29. The van der Waals surface area contributed by atoms with Crippen molar-refractivity contribution in [3.05, 3.63) is 56.9 Å². The second-order valence-electron chi connectivity index (χ2n) is 7.62. The Morgan fingerprint density at radius 1 is 1.03 bits per heavy atom. The zero-order chi connectivity index (χ0) is 21.6. The van der Waals surface area contributed by atoms with Gasteiger partial charge in [0.2, 0.25) is 10.0 Å². The smallest absolute Gasteiger partial charge is 0.273 e. The lowest BCUT2D eigenvalue weighted by Crippen LogP contribution is -2.50. The standard InChI is InChI=1S/C21H20ClN3O3S3/c22-19-7-6-18(30-19)20-23-17(13-29-20)21(26)24-8-10-25(11-9-24)31(27,28)16-5-4-14-2-1-3-15(14)12-16/h4-7,12-13H,1-3,8-11H2. The Balaban J connectivity index is 1.26. The minimum Gasteiger partial charge on any atom is -0.335 e. The molecule has 10 heteroatoms. The van der Waals surface area contributed by atoms with Crippen molar-refractivity contribution in [1.29, 1.82) is 0 Å². The molecule has 31 heavy (non-hydrogen) atoms. The van der Waals surface area contributed by atoms with E-state index < -0.39 is 10.0 Å². The van der Waals surface area contributed by atoms with E-state index in [0.717, 1.165) is 34.7 Å². The number of halogens is 1. The van der Waals surface area contributed by atoms with Gasteiger partial charge < -0.3 is 4.90 Å². The number of sulfonamides is 1. The molecule has 162 valence electrons. The van der Waals surface area contributed by atoms with Crippen LogP contribution in [0.25, 0.3) is 9.88 Å². The Bertz CT molecular complexity index is 1240. The molecule has 5 rings (SSSR count). The van der Waals surface area contributed by atoms with Crippen LogP contribution in [0, 0.1) is 0 Å². The number of thiazole rings is 1. The van der Waals surface area contributed by atoms with Crippen LogP contribution in [0.2, 0.25) is 4.34 Å². The highest BCUT2D eigenvalue weighted by Gasteiger charge is 2.31. The number of benzene rings is 1. The van der Waals surface area contributed by atoms with Gasteiger partial charge in [0.05, 0.1) is 14.1 Å². The summed E-state index contributed by atoms with van der Waals surface area (Å²) >= 11 is 8.82. The minimum absolute atomic E-state index is 0.167. The Hall–Kier alpha value is -1.78. The Morgan fingerprint density at radius 3 is 2.55 bits per heavy atom. The van der Waals surface area contributed by atoms with E-state index in [2.05, 4.69) is 4.98 Å². The van der Waals surface area contributed by atoms with Gasteiger partial charge in [0.15, 0.2) is 0 Å². The maximum Gasteiger partial charge on any atom is 0.273 e. The first-order chi connectivity index (χ1) is 14.9. The van der Waals surface area contributed by atoms with Crippen LogP contribution in [0.15, 0.2) is 40.6 Å². The fraction of sp³-hybridized carbons (Fsp3) is 0.333. The summed E-state index contributed by atoms with van der Waals surface area (Å²) in [5.41, 5.74) is 2.78. The molecule has 1 aliphatic carbocycles. The van der Waals surface area contributed by atoms with Crippen molar-refractivity contribution >= 4 is 50.2 Å². The number of thiophene rings is 1. The third-order valence-electron chi connectivity index (χ3n) is 5.74. The van der Waals surface area contributed by atoms with Gasteiger partial charge in [-0.05, 0) is 54.7 Å². The molecule has 0 unspecified atom stereocenters. The highest BCUT2D eigenvalue weighted by molar-refractivity contribution is 7.89. The van der Waals surface area contributed by atoms with E-state index in [1.807, 2.05) is 24.3 Å². The van der Waals surface area contributed by atoms with Crippen molar-refractivity contribution in [1.82, 2.24) is 14.2 Å². The zero-order valence-electron chi connectivity index (χ0n) is 16.6. The van der Waals surface area contributed by atoms with Crippen molar-refractivity contribution in [3.8, 4) is 9.88 Å². The lowest BCUT2D eigenvalue weighted by molar-refractivity contribution is 0.0693. The molecule has 0 saturated carbocycles. The maximum absolute atomic E-state index is 13.1. The van der Waals surface area contributed by atoms with Gasteiger partial charge in [0.1, 0.15) is 10.7 Å². The second-order valence-corrected chi connectivity index (χ2v) is 12.1. The first kappa shape index (κ1) is 21.1. The van der Waals surface area contributed by atoms with Crippen LogP contribution in [-0.2, 0) is 22.9 Å². The molecule has 2 aliphatic rings. The molecule has 1 amide bonds. The normalized spacial score (nSPS) is 17.1. The Morgan fingerprint density at radius 2 is 1.81 bits per heavy atom. The minimum atomic E-state index is -3.56. The van der Waals surface area contributed by atoms with Crippen LogP contribution in [0.1, 0.15) is 28.0 Å². The molecule has 0 bridgehead atoms. The molecular formula is C21H20ClN3O3S3. The maximum atomic E-state index is 13.1. The fourth-order valence-electron chi connectivity index (χ4n) is 4.07. The SMILES string of the molecule is O=C(c1csc(-c2ccc(Cl)s2)n1)N1CCN(S(=O)(=O)c2ccc3c(c2)CCC3)CC1. The first-order valence-electron chi connectivity index (χ1n) is 10.0. The quantitative estimate of drug-likeness (QED) is 0.547. The van der Waals surface area contributed by atoms with Crippen molar-refractivity contribution in [3.63, 3.8) is 0 Å². The van der Waals surface area contributed by atoms with Crippen molar-refractivity contribution in [2.45, 2.75) is 24.2 Å². The molecule has 1 aliphatic heterocycles. The number of fused-ring (bicyclic) bond motifs is 1. The van der Waals surface area contributed by atoms with Gasteiger partial charge in [-0.25, -0.2) is 13.4 Å². The van der Waals surface area contributed by atoms with Crippen LogP contribution >= 0.6 is 34.3 Å². The van der Waals surface area contributed by atoms with Crippen LogP contribution in [0.3, 0.4) is 0 Å². The average Bonchev–Trinajstić information content (AvgIpc) is 3.53. The monoisotopic (exact) mass is 493 g/mol. The van der Waals surface area contributed by atoms with Gasteiger partial charge in [-0.3, -0.25) is 4.79 Å². The summed E-state index contributed by atoms with van der Waals surface area (Å²) in [7, 11) is -3.56. The number of hydrogen-bond donors (Lipinski definition) is 0. The summed E-state index contributed by atoms with van der Waals surface area (Å²) in [6.45, 7) is 1.26. The summed E-state index contributed by atoms with van der Waals surface area (Å²) in [5, 5.41) is 2.51. The fourth-order valence-corrected chi connectivity index (χ4v) is 7.45. The van der Waals surface area contributed by atoms with E-state index >= 15 is 0 Å². The number of rotatable bonds is 4. The van der Waals surface area contributed by atoms with Gasteiger partial charge in [-0.2, -0.15) is 4.31 Å². The van der Waals surface area contributed by atoms with E-state index in [1.54, 1.807) is 16.3 Å². The van der Waals surface area contributed by atoms with Crippen LogP contribution in [0.4, 0.5) is 0 Å². The third kappa shape index (κ3) is 4.05. The predicted molar refractivity (Wildman–Crippen MR) is 124 cm³/mol. The first-order valence-corrected chi connectivity index (χ1v) is 13.6. The molecule has 2 aromatic heterocycles. The lowest BCUT2D eigenvalue weighted by atomic mass is 10.1. The van der Waals surface area contributed by atoms with Gasteiger partial charge in [0.25, 0.3) is 5.91 Å². The zero-order valence-corrected chi connectivity index (χ0v) is 19.8. The van der Waals surface area contributed by atoms with Gasteiger partial charge in [-0.15, -0.1) is 22.7 Å². The number of carbonyl (C=O) groups excluding carboxylic acids is 1. The van der Waals surface area contributed by atoms with E-state index in [9.17, 15) is 13.2 Å². The summed E-state index contributed by atoms with van der Waals surface area (Å²) in [5.74, 6) is -0.167. The molecule has 0 radical (unpaired) electrons. The molecule has 1 fully saturated rings. The van der Waals surface area contributed by atoms with E-state index in [4.69, 9.17) is 11.6 Å². The highest BCUT2D eigenvalue weighted by Crippen LogP contribution is 2.33. The van der Waals surface area contributed by atoms with Crippen LogP contribution in [0.5, 0.6) is 0 Å². The van der Waals surface area contributed by atoms with E-state index in [0.29, 0.717) is 28.0 Å². The molecule has 0 atom stereocenters. The topological polar surface area (TPSA) is 70.6 Å². The van der Waals surface area contributed by atoms with E-state index in [-0.39, 0.29) is 19.0 Å². The number of piperazine rings is 1. The molecule has 6 nitrogen and oxygen atoms in total. The number of aromatic nitrogens is 1. The number of hydrogen-bond acceptors (Lipinski definition) is 6. The molecule has 3 aromatic rings. The summed E-state index contributed by atoms with van der Waals surface area (Å²) in [6, 6.07) is 9.18. The summed E-state index contributed by atoms with van der Waals surface area (Å²) in [4.78, 5) is 20.3. The molecular weight excluding hydrogens is 474 g/mol. The van der Waals surface area contributed by atoms with Crippen molar-refractivity contribution in [2.75, 3.05) is 26.2 Å². The Labute approximate surface area is 194 Å². The summed E-state index contributed by atoms with van der Waals surface area (Å²) < 4.78 is 28.4. The van der Waals surface area contributed by atoms with Gasteiger partial charge >= 0.3 is 0 Å². The average molecular weight is 494 g/mol. The van der Waals surface area contributed by atoms with Crippen molar-refractivity contribution < 1.29 is 13.2 Å². The summed E-state index contributed by atoms with van der Waals surface area (Å²) in [6.07, 6.45) is 3.04. The lowest BCUT2D eigenvalue weighted by Gasteiger charge is -2.33. The molecule has 3 heterocycles. The van der Waals surface area contributed by atoms with Crippen molar-refractivity contribution in [2.24, 2.45) is 0 Å². The molecule has 1 saturated heterocycles. The van der Waals surface area contributed by atoms with Gasteiger partial charge in [-0.1, -0.05) is 17.7 Å². The van der Waals surface area contributed by atoms with Crippen LogP contribution in [-0.4, -0.2) is 54.7 Å². The number of aryl methyl sites for hydroxylation is 2. The molecule has 1 aromatic carbocycles. The van der Waals surface area contributed by atoms with E-state index in [1.165, 1.54) is 32.5 Å². The molecule has 0 spiro atoms.